The highest BCUT2D eigenvalue weighted by molar-refractivity contribution is 5.92. The van der Waals surface area contributed by atoms with Crippen molar-refractivity contribution in [3.63, 3.8) is 0 Å². The van der Waals surface area contributed by atoms with Gasteiger partial charge in [0.2, 0.25) is 0 Å². The molecule has 2 heterocycles. The standard InChI is InChI=1S/C17H17F3N4O4/c1-10-8-13(22-28-10)16(25)21-12-4-6-23(7-5-12)14-3-2-11(17(18,19)20)9-15(14)24(26)27/h2-3,8-9,12H,4-7H2,1H3,(H,21,25). The summed E-state index contributed by atoms with van der Waals surface area (Å²) in [5, 5.41) is 17.7. The lowest BCUT2D eigenvalue weighted by molar-refractivity contribution is -0.384. The third-order valence-electron chi connectivity index (χ3n) is 4.53. The van der Waals surface area contributed by atoms with Gasteiger partial charge in [-0.2, -0.15) is 13.2 Å². The minimum atomic E-state index is -4.65. The van der Waals surface area contributed by atoms with E-state index in [1.54, 1.807) is 11.8 Å². The molecule has 0 aliphatic carbocycles. The van der Waals surface area contributed by atoms with Crippen molar-refractivity contribution in [3.05, 3.63) is 51.4 Å². The Bertz CT molecular complexity index is 889. The summed E-state index contributed by atoms with van der Waals surface area (Å²) in [5.41, 5.74) is -1.35. The summed E-state index contributed by atoms with van der Waals surface area (Å²) in [6, 6.07) is 3.85. The van der Waals surface area contributed by atoms with Crippen LogP contribution in [0.5, 0.6) is 0 Å². The number of alkyl halides is 3. The van der Waals surface area contributed by atoms with Crippen molar-refractivity contribution < 1.29 is 27.4 Å². The van der Waals surface area contributed by atoms with Crippen molar-refractivity contribution in [1.29, 1.82) is 0 Å². The zero-order chi connectivity index (χ0) is 20.5. The molecule has 11 heteroatoms. The number of aromatic nitrogens is 1. The van der Waals surface area contributed by atoms with E-state index in [4.69, 9.17) is 4.52 Å². The Hall–Kier alpha value is -3.11. The lowest BCUT2D eigenvalue weighted by Gasteiger charge is -2.33. The van der Waals surface area contributed by atoms with Gasteiger partial charge < -0.3 is 14.7 Å². The molecule has 0 unspecified atom stereocenters. The molecule has 1 aliphatic rings. The van der Waals surface area contributed by atoms with Crippen molar-refractivity contribution in [1.82, 2.24) is 10.5 Å². The number of rotatable bonds is 4. The van der Waals surface area contributed by atoms with Gasteiger partial charge in [0.1, 0.15) is 11.4 Å². The fourth-order valence-electron chi connectivity index (χ4n) is 3.11. The fraction of sp³-hybridized carbons (Fsp3) is 0.412. The molecule has 2 aromatic rings. The van der Waals surface area contributed by atoms with Crippen LogP contribution < -0.4 is 10.2 Å². The minimum absolute atomic E-state index is 0.134. The molecule has 1 aromatic carbocycles. The van der Waals surface area contributed by atoms with Crippen molar-refractivity contribution in [2.75, 3.05) is 18.0 Å². The average Bonchev–Trinajstić information content (AvgIpc) is 3.07. The molecule has 8 nitrogen and oxygen atoms in total. The second-order valence-electron chi connectivity index (χ2n) is 6.52. The molecule has 0 spiro atoms. The predicted molar refractivity (Wildman–Crippen MR) is 92.0 cm³/mol. The van der Waals surface area contributed by atoms with Gasteiger partial charge in [0, 0.05) is 31.3 Å². The number of nitro benzene ring substituents is 1. The first-order valence-corrected chi connectivity index (χ1v) is 8.50. The molecule has 0 radical (unpaired) electrons. The van der Waals surface area contributed by atoms with Gasteiger partial charge in [-0.3, -0.25) is 14.9 Å². The molecule has 1 aliphatic heterocycles. The number of aryl methyl sites for hydroxylation is 1. The maximum Gasteiger partial charge on any atom is 0.416 e. The predicted octanol–water partition coefficient (Wildman–Crippen LogP) is 3.31. The second-order valence-corrected chi connectivity index (χ2v) is 6.52. The maximum absolute atomic E-state index is 12.8. The molecule has 1 N–H and O–H groups in total. The zero-order valence-corrected chi connectivity index (χ0v) is 14.8. The largest absolute Gasteiger partial charge is 0.416 e. The summed E-state index contributed by atoms with van der Waals surface area (Å²) in [6.45, 7) is 2.38. The van der Waals surface area contributed by atoms with Crippen molar-refractivity contribution in [3.8, 4) is 0 Å². The number of hydrogen-bond acceptors (Lipinski definition) is 6. The molecule has 1 saturated heterocycles. The van der Waals surface area contributed by atoms with Crippen molar-refractivity contribution >= 4 is 17.3 Å². The number of benzene rings is 1. The van der Waals surface area contributed by atoms with E-state index < -0.39 is 22.4 Å². The highest BCUT2D eigenvalue weighted by atomic mass is 19.4. The van der Waals surface area contributed by atoms with Crippen LogP contribution in [0.3, 0.4) is 0 Å². The van der Waals surface area contributed by atoms with E-state index in [0.29, 0.717) is 37.8 Å². The Morgan fingerprint density at radius 2 is 2.00 bits per heavy atom. The number of nitro groups is 1. The quantitative estimate of drug-likeness (QED) is 0.626. The number of anilines is 1. The van der Waals surface area contributed by atoms with Gasteiger partial charge in [0.25, 0.3) is 11.6 Å². The minimum Gasteiger partial charge on any atom is -0.366 e. The molecule has 28 heavy (non-hydrogen) atoms. The van der Waals surface area contributed by atoms with E-state index in [0.717, 1.165) is 12.1 Å². The molecule has 0 bridgehead atoms. The number of carbonyl (C=O) groups is 1. The number of halogens is 3. The Labute approximate surface area is 157 Å². The van der Waals surface area contributed by atoms with Crippen LogP contribution in [0.2, 0.25) is 0 Å². The summed E-state index contributed by atoms with van der Waals surface area (Å²) in [7, 11) is 0. The lowest BCUT2D eigenvalue weighted by atomic mass is 10.0. The Morgan fingerprint density at radius 3 is 2.54 bits per heavy atom. The van der Waals surface area contributed by atoms with Crippen LogP contribution in [0, 0.1) is 17.0 Å². The second kappa shape index (κ2) is 7.49. The van der Waals surface area contributed by atoms with E-state index in [1.807, 2.05) is 0 Å². The Morgan fingerprint density at radius 1 is 1.32 bits per heavy atom. The van der Waals surface area contributed by atoms with E-state index >= 15 is 0 Å². The van der Waals surface area contributed by atoms with Gasteiger partial charge >= 0.3 is 6.18 Å². The smallest absolute Gasteiger partial charge is 0.366 e. The third kappa shape index (κ3) is 4.24. The summed E-state index contributed by atoms with van der Waals surface area (Å²) < 4.78 is 43.3. The lowest BCUT2D eigenvalue weighted by Crippen LogP contribution is -2.45. The van der Waals surface area contributed by atoms with Gasteiger partial charge in [-0.25, -0.2) is 0 Å². The fourth-order valence-corrected chi connectivity index (χ4v) is 3.11. The molecule has 150 valence electrons. The summed E-state index contributed by atoms with van der Waals surface area (Å²) >= 11 is 0. The molecular formula is C17H17F3N4O4. The van der Waals surface area contributed by atoms with Crippen LogP contribution in [-0.4, -0.2) is 35.1 Å². The number of piperidine rings is 1. The monoisotopic (exact) mass is 398 g/mol. The van der Waals surface area contributed by atoms with Crippen LogP contribution >= 0.6 is 0 Å². The molecule has 1 amide bonds. The average molecular weight is 398 g/mol. The number of amides is 1. The van der Waals surface area contributed by atoms with Crippen LogP contribution in [-0.2, 0) is 6.18 Å². The molecular weight excluding hydrogens is 381 g/mol. The summed E-state index contributed by atoms with van der Waals surface area (Å²) in [6.07, 6.45) is -3.68. The van der Waals surface area contributed by atoms with Gasteiger partial charge in [-0.1, -0.05) is 5.16 Å². The van der Waals surface area contributed by atoms with Gasteiger partial charge in [-0.15, -0.1) is 0 Å². The topological polar surface area (TPSA) is 102 Å². The van der Waals surface area contributed by atoms with Crippen LogP contribution in [0.15, 0.2) is 28.8 Å². The van der Waals surface area contributed by atoms with E-state index in [-0.39, 0.29) is 23.3 Å². The van der Waals surface area contributed by atoms with Gasteiger partial charge in [-0.05, 0) is 31.9 Å². The van der Waals surface area contributed by atoms with Crippen LogP contribution in [0.25, 0.3) is 0 Å². The molecule has 3 rings (SSSR count). The molecule has 1 fully saturated rings. The maximum atomic E-state index is 12.8. The normalized spacial score (nSPS) is 15.5. The number of nitrogens with one attached hydrogen (secondary N) is 1. The number of hydrogen-bond donors (Lipinski definition) is 1. The first-order valence-electron chi connectivity index (χ1n) is 8.50. The van der Waals surface area contributed by atoms with Crippen LogP contribution in [0.1, 0.15) is 34.7 Å². The SMILES string of the molecule is Cc1cc(C(=O)NC2CCN(c3ccc(C(F)(F)F)cc3[N+](=O)[O-])CC2)no1. The number of nitrogens with zero attached hydrogens (tertiary/aromatic N) is 3. The highest BCUT2D eigenvalue weighted by Crippen LogP contribution is 2.37. The van der Waals surface area contributed by atoms with E-state index in [9.17, 15) is 28.1 Å². The van der Waals surface area contributed by atoms with Crippen molar-refractivity contribution in [2.45, 2.75) is 32.0 Å². The molecule has 0 saturated carbocycles. The van der Waals surface area contributed by atoms with E-state index in [1.165, 1.54) is 6.07 Å². The zero-order valence-electron chi connectivity index (χ0n) is 14.8. The molecule has 1 aromatic heterocycles. The summed E-state index contributed by atoms with van der Waals surface area (Å²) in [5.74, 6) is 0.130. The summed E-state index contributed by atoms with van der Waals surface area (Å²) in [4.78, 5) is 24.2. The third-order valence-corrected chi connectivity index (χ3v) is 4.53. The first kappa shape index (κ1) is 19.6. The Kier molecular flexibility index (Phi) is 5.25. The molecule has 0 atom stereocenters. The van der Waals surface area contributed by atoms with Gasteiger partial charge in [0.15, 0.2) is 5.69 Å². The van der Waals surface area contributed by atoms with E-state index in [2.05, 4.69) is 10.5 Å². The van der Waals surface area contributed by atoms with Gasteiger partial charge in [0.05, 0.1) is 10.5 Å². The number of carbonyl (C=O) groups excluding carboxylic acids is 1. The van der Waals surface area contributed by atoms with Crippen molar-refractivity contribution in [2.24, 2.45) is 0 Å². The first-order chi connectivity index (χ1) is 13.1. The Balaban J connectivity index is 1.67. The highest BCUT2D eigenvalue weighted by Gasteiger charge is 2.34. The van der Waals surface area contributed by atoms with Crippen LogP contribution in [0.4, 0.5) is 24.5 Å².